The van der Waals surface area contributed by atoms with Gasteiger partial charge in [0, 0.05) is 6.07 Å². The van der Waals surface area contributed by atoms with Crippen molar-refractivity contribution in [3.8, 4) is 5.75 Å². The van der Waals surface area contributed by atoms with Gasteiger partial charge in [0.1, 0.15) is 23.7 Å². The average molecular weight is 294 g/mol. The number of methoxy groups -OCH3 is 1. The summed E-state index contributed by atoms with van der Waals surface area (Å²) in [7, 11) is 1.46. The fraction of sp³-hybridized carbons (Fsp3) is 0.467. The first-order chi connectivity index (χ1) is 9.86. The number of carbonyl (C=O) groups excluding carboxylic acids is 2. The molecule has 1 aliphatic rings. The molecule has 21 heavy (non-hydrogen) atoms. The highest BCUT2D eigenvalue weighted by Crippen LogP contribution is 2.29. The van der Waals surface area contributed by atoms with Crippen molar-refractivity contribution in [2.75, 3.05) is 12.0 Å². The Hall–Kier alpha value is -2.11. The summed E-state index contributed by atoms with van der Waals surface area (Å²) in [4.78, 5) is 25.8. The van der Waals surface area contributed by atoms with Crippen molar-refractivity contribution in [2.24, 2.45) is 5.92 Å². The molecule has 1 fully saturated rings. The summed E-state index contributed by atoms with van der Waals surface area (Å²) in [5.41, 5.74) is 0.0624. The molecule has 1 heterocycles. The van der Waals surface area contributed by atoms with E-state index in [-0.39, 0.29) is 23.4 Å². The van der Waals surface area contributed by atoms with E-state index in [0.29, 0.717) is 5.75 Å². The Morgan fingerprint density at radius 1 is 1.33 bits per heavy atom. The number of amides is 2. The number of rotatable bonds is 3. The molecule has 114 valence electrons. The van der Waals surface area contributed by atoms with Gasteiger partial charge in [-0.2, -0.15) is 0 Å². The third-order valence-corrected chi connectivity index (χ3v) is 3.65. The van der Waals surface area contributed by atoms with Gasteiger partial charge in [0.2, 0.25) is 5.91 Å². The monoisotopic (exact) mass is 294 g/mol. The number of halogens is 1. The van der Waals surface area contributed by atoms with E-state index in [1.165, 1.54) is 30.2 Å². The van der Waals surface area contributed by atoms with Gasteiger partial charge in [-0.15, -0.1) is 0 Å². The predicted molar refractivity (Wildman–Crippen MR) is 76.7 cm³/mol. The minimum absolute atomic E-state index is 0.0624. The minimum Gasteiger partial charge on any atom is -0.497 e. The van der Waals surface area contributed by atoms with Crippen LogP contribution in [0.3, 0.4) is 0 Å². The van der Waals surface area contributed by atoms with E-state index in [0.717, 1.165) is 0 Å². The van der Waals surface area contributed by atoms with Crippen LogP contribution in [0.2, 0.25) is 0 Å². The van der Waals surface area contributed by atoms with Crippen LogP contribution in [0.4, 0.5) is 10.1 Å². The molecule has 0 bridgehead atoms. The van der Waals surface area contributed by atoms with E-state index in [4.69, 9.17) is 4.74 Å². The van der Waals surface area contributed by atoms with Crippen molar-refractivity contribution < 1.29 is 18.7 Å². The predicted octanol–water partition coefficient (Wildman–Crippen LogP) is 1.71. The highest BCUT2D eigenvalue weighted by atomic mass is 19.1. The van der Waals surface area contributed by atoms with Gasteiger partial charge in [-0.25, -0.2) is 4.39 Å². The Bertz CT molecular complexity index is 574. The van der Waals surface area contributed by atoms with Crippen molar-refractivity contribution in [1.29, 1.82) is 0 Å². The van der Waals surface area contributed by atoms with Crippen molar-refractivity contribution in [3.63, 3.8) is 0 Å². The van der Waals surface area contributed by atoms with Gasteiger partial charge in [0.25, 0.3) is 5.91 Å². The van der Waals surface area contributed by atoms with E-state index in [9.17, 15) is 14.0 Å². The molecule has 6 heteroatoms. The van der Waals surface area contributed by atoms with Gasteiger partial charge >= 0.3 is 0 Å². The summed E-state index contributed by atoms with van der Waals surface area (Å²) in [6.45, 7) is 5.24. The molecule has 2 atom stereocenters. The zero-order valence-electron chi connectivity index (χ0n) is 12.5. The van der Waals surface area contributed by atoms with Crippen molar-refractivity contribution >= 4 is 17.5 Å². The first kappa shape index (κ1) is 15.3. The van der Waals surface area contributed by atoms with Crippen molar-refractivity contribution in [2.45, 2.75) is 32.9 Å². The molecule has 5 nitrogen and oxygen atoms in total. The minimum atomic E-state index is -0.769. The standard InChI is InChI=1S/C15H19FN2O3/c1-8(2)13-15(20)18(9(3)14(19)17-13)12-7-10(21-4)5-6-11(12)16/h5-9,13H,1-4H3,(H,17,19). The number of benzene rings is 1. The molecule has 0 aliphatic carbocycles. The number of hydrogen-bond acceptors (Lipinski definition) is 3. The Balaban J connectivity index is 2.48. The fourth-order valence-corrected chi connectivity index (χ4v) is 2.38. The third-order valence-electron chi connectivity index (χ3n) is 3.65. The molecular formula is C15H19FN2O3. The highest BCUT2D eigenvalue weighted by Gasteiger charge is 2.41. The number of anilines is 1. The first-order valence-electron chi connectivity index (χ1n) is 6.83. The van der Waals surface area contributed by atoms with Crippen LogP contribution in [0, 0.1) is 11.7 Å². The molecule has 2 unspecified atom stereocenters. The molecule has 0 spiro atoms. The lowest BCUT2D eigenvalue weighted by Gasteiger charge is -2.38. The van der Waals surface area contributed by atoms with Crippen molar-refractivity contribution in [1.82, 2.24) is 5.32 Å². The summed E-state index contributed by atoms with van der Waals surface area (Å²) in [5, 5.41) is 2.68. The molecule has 2 amide bonds. The molecule has 0 radical (unpaired) electrons. The van der Waals surface area contributed by atoms with E-state index >= 15 is 0 Å². The first-order valence-corrected chi connectivity index (χ1v) is 6.83. The molecule has 1 aliphatic heterocycles. The highest BCUT2D eigenvalue weighted by molar-refractivity contribution is 6.08. The second-order valence-corrected chi connectivity index (χ2v) is 5.43. The number of nitrogens with one attached hydrogen (secondary N) is 1. The normalized spacial score (nSPS) is 22.5. The number of carbonyl (C=O) groups is 2. The smallest absolute Gasteiger partial charge is 0.250 e. The number of nitrogens with zero attached hydrogens (tertiary/aromatic N) is 1. The van der Waals surface area contributed by atoms with Crippen LogP contribution >= 0.6 is 0 Å². The summed E-state index contributed by atoms with van der Waals surface area (Å²) in [6.07, 6.45) is 0. The Kier molecular flexibility index (Phi) is 4.16. The zero-order chi connectivity index (χ0) is 15.7. The fourth-order valence-electron chi connectivity index (χ4n) is 2.38. The van der Waals surface area contributed by atoms with Crippen LogP contribution in [0.25, 0.3) is 0 Å². The molecule has 1 saturated heterocycles. The van der Waals surface area contributed by atoms with Crippen LogP contribution in [0.5, 0.6) is 5.75 Å². The molecule has 1 aromatic carbocycles. The second-order valence-electron chi connectivity index (χ2n) is 5.43. The topological polar surface area (TPSA) is 58.6 Å². The van der Waals surface area contributed by atoms with Gasteiger partial charge < -0.3 is 10.1 Å². The van der Waals surface area contributed by atoms with Gasteiger partial charge in [0.05, 0.1) is 12.8 Å². The van der Waals surface area contributed by atoms with Crippen LogP contribution in [-0.2, 0) is 9.59 Å². The molecule has 0 aromatic heterocycles. The summed E-state index contributed by atoms with van der Waals surface area (Å²) in [6, 6.07) is 2.70. The maximum absolute atomic E-state index is 14.1. The van der Waals surface area contributed by atoms with Gasteiger partial charge in [-0.1, -0.05) is 13.8 Å². The quantitative estimate of drug-likeness (QED) is 0.923. The summed E-state index contributed by atoms with van der Waals surface area (Å²) >= 11 is 0. The SMILES string of the molecule is COc1ccc(F)c(N2C(=O)C(C(C)C)NC(=O)C2C)c1. The Morgan fingerprint density at radius 3 is 2.57 bits per heavy atom. The lowest BCUT2D eigenvalue weighted by Crippen LogP contribution is -2.64. The molecular weight excluding hydrogens is 275 g/mol. The number of piperazine rings is 1. The van der Waals surface area contributed by atoms with Gasteiger partial charge in [0.15, 0.2) is 0 Å². The second kappa shape index (κ2) is 5.71. The number of ether oxygens (including phenoxy) is 1. The van der Waals surface area contributed by atoms with Crippen LogP contribution < -0.4 is 15.0 Å². The largest absolute Gasteiger partial charge is 0.497 e. The van der Waals surface area contributed by atoms with Gasteiger partial charge in [-0.05, 0) is 25.0 Å². The van der Waals surface area contributed by atoms with Crippen molar-refractivity contribution in [3.05, 3.63) is 24.0 Å². The van der Waals surface area contributed by atoms with Crippen LogP contribution in [0.15, 0.2) is 18.2 Å². The lowest BCUT2D eigenvalue weighted by atomic mass is 9.97. The molecule has 2 rings (SSSR count). The molecule has 1 N–H and O–H groups in total. The zero-order valence-corrected chi connectivity index (χ0v) is 12.5. The van der Waals surface area contributed by atoms with Gasteiger partial charge in [-0.3, -0.25) is 14.5 Å². The average Bonchev–Trinajstić information content (AvgIpc) is 2.44. The molecule has 1 aromatic rings. The van der Waals surface area contributed by atoms with Crippen LogP contribution in [0.1, 0.15) is 20.8 Å². The van der Waals surface area contributed by atoms with E-state index in [1.807, 2.05) is 13.8 Å². The van der Waals surface area contributed by atoms with Crippen LogP contribution in [-0.4, -0.2) is 31.0 Å². The maximum Gasteiger partial charge on any atom is 0.250 e. The lowest BCUT2D eigenvalue weighted by molar-refractivity contribution is -0.134. The third kappa shape index (κ3) is 2.70. The maximum atomic E-state index is 14.1. The number of hydrogen-bond donors (Lipinski definition) is 1. The van der Waals surface area contributed by atoms with E-state index in [2.05, 4.69) is 5.32 Å². The Labute approximate surface area is 123 Å². The summed E-state index contributed by atoms with van der Waals surface area (Å²) in [5.74, 6) is -0.823. The van der Waals surface area contributed by atoms with E-state index < -0.39 is 17.9 Å². The molecule has 0 saturated carbocycles. The van der Waals surface area contributed by atoms with E-state index in [1.54, 1.807) is 6.92 Å². The summed E-state index contributed by atoms with van der Waals surface area (Å²) < 4.78 is 19.2. The Morgan fingerprint density at radius 2 is 2.00 bits per heavy atom.